The number of carbonyl (C=O) groups is 2. The summed E-state index contributed by atoms with van der Waals surface area (Å²) in [4.78, 5) is 37.3. The smallest absolute Gasteiger partial charge is 0.266 e. The standard InChI is InChI=1S/C29H25N3O3/c1-30(2)21-17-15-20(16-18-21)26-25-27(35-32(26)22-11-4-3-5-12-22)29(34)31(28(25)33)24-14-8-10-19-9-6-7-13-23(19)24/h3-18,25-27H,1-2H3/t25-,26+,27-/m0/s1. The molecule has 3 atom stereocenters. The number of fused-ring (bicyclic) bond motifs is 2. The zero-order chi connectivity index (χ0) is 24.1. The molecule has 0 aliphatic carbocycles. The SMILES string of the molecule is CN(C)c1ccc([C@@H]2[C@@H]3C(=O)N(c4cccc5ccccc45)C(=O)[C@H]3ON2c2ccccc2)cc1. The van der Waals surface area contributed by atoms with Crippen molar-refractivity contribution in [2.75, 3.05) is 29.0 Å². The third kappa shape index (κ3) is 3.37. The Morgan fingerprint density at radius 3 is 2.17 bits per heavy atom. The van der Waals surface area contributed by atoms with Crippen molar-refractivity contribution in [3.8, 4) is 0 Å². The Bertz CT molecular complexity index is 1410. The molecule has 0 unspecified atom stereocenters. The van der Waals surface area contributed by atoms with Crippen molar-refractivity contribution in [3.63, 3.8) is 0 Å². The van der Waals surface area contributed by atoms with Crippen LogP contribution in [0.4, 0.5) is 17.1 Å². The number of nitrogens with zero attached hydrogens (tertiary/aromatic N) is 3. The van der Waals surface area contributed by atoms with Crippen molar-refractivity contribution in [3.05, 3.63) is 103 Å². The number of anilines is 3. The molecule has 0 N–H and O–H groups in total. The fourth-order valence-corrected chi connectivity index (χ4v) is 5.16. The van der Waals surface area contributed by atoms with Gasteiger partial charge in [-0.15, -0.1) is 0 Å². The van der Waals surface area contributed by atoms with Gasteiger partial charge in [0.1, 0.15) is 5.92 Å². The Kier molecular flexibility index (Phi) is 5.04. The van der Waals surface area contributed by atoms with Crippen LogP contribution in [0.15, 0.2) is 97.1 Å². The van der Waals surface area contributed by atoms with E-state index in [0.717, 1.165) is 27.7 Å². The highest BCUT2D eigenvalue weighted by Crippen LogP contribution is 2.48. The average molecular weight is 464 g/mol. The minimum absolute atomic E-state index is 0.239. The molecular formula is C29H25N3O3. The number of rotatable bonds is 4. The van der Waals surface area contributed by atoms with Gasteiger partial charge in [-0.2, -0.15) is 0 Å². The molecule has 2 aliphatic heterocycles. The van der Waals surface area contributed by atoms with Gasteiger partial charge in [0.05, 0.1) is 17.4 Å². The van der Waals surface area contributed by atoms with E-state index in [1.807, 2.05) is 116 Å². The van der Waals surface area contributed by atoms with Crippen LogP contribution in [0.3, 0.4) is 0 Å². The predicted octanol–water partition coefficient (Wildman–Crippen LogP) is 4.96. The lowest BCUT2D eigenvalue weighted by Gasteiger charge is -2.29. The number of benzene rings is 4. The zero-order valence-electron chi connectivity index (χ0n) is 19.5. The highest BCUT2D eigenvalue weighted by Gasteiger charge is 2.60. The van der Waals surface area contributed by atoms with E-state index >= 15 is 0 Å². The number of hydrogen-bond donors (Lipinski definition) is 0. The fraction of sp³-hybridized carbons (Fsp3) is 0.172. The van der Waals surface area contributed by atoms with Crippen LogP contribution in [0.1, 0.15) is 11.6 Å². The van der Waals surface area contributed by atoms with Crippen LogP contribution in [0, 0.1) is 5.92 Å². The Labute approximate surface area is 203 Å². The van der Waals surface area contributed by atoms with Gasteiger partial charge >= 0.3 is 0 Å². The van der Waals surface area contributed by atoms with Gasteiger partial charge in [-0.3, -0.25) is 14.4 Å². The van der Waals surface area contributed by atoms with Crippen molar-refractivity contribution in [2.24, 2.45) is 5.92 Å². The molecule has 0 saturated carbocycles. The molecular weight excluding hydrogens is 438 g/mol. The average Bonchev–Trinajstić information content (AvgIpc) is 3.40. The summed E-state index contributed by atoms with van der Waals surface area (Å²) >= 11 is 0. The van der Waals surface area contributed by atoms with E-state index < -0.39 is 18.1 Å². The van der Waals surface area contributed by atoms with Crippen LogP contribution in [0.5, 0.6) is 0 Å². The van der Waals surface area contributed by atoms with Gasteiger partial charge in [0.2, 0.25) is 5.91 Å². The number of amides is 2. The van der Waals surface area contributed by atoms with Gasteiger partial charge in [-0.05, 0) is 41.3 Å². The fourth-order valence-electron chi connectivity index (χ4n) is 5.16. The molecule has 0 radical (unpaired) electrons. The van der Waals surface area contributed by atoms with Gasteiger partial charge in [-0.25, -0.2) is 9.96 Å². The number of carbonyl (C=O) groups excluding carboxylic acids is 2. The Morgan fingerprint density at radius 1 is 0.743 bits per heavy atom. The van der Waals surface area contributed by atoms with E-state index in [1.54, 1.807) is 5.06 Å². The third-order valence-corrected chi connectivity index (χ3v) is 6.88. The Morgan fingerprint density at radius 2 is 1.43 bits per heavy atom. The lowest BCUT2D eigenvalue weighted by Crippen LogP contribution is -2.37. The summed E-state index contributed by atoms with van der Waals surface area (Å²) in [5.41, 5.74) is 3.39. The van der Waals surface area contributed by atoms with Crippen molar-refractivity contribution in [1.82, 2.24) is 0 Å². The topological polar surface area (TPSA) is 53.1 Å². The van der Waals surface area contributed by atoms with Crippen molar-refractivity contribution < 1.29 is 14.4 Å². The van der Waals surface area contributed by atoms with Crippen LogP contribution >= 0.6 is 0 Å². The van der Waals surface area contributed by atoms with Gasteiger partial charge in [0.25, 0.3) is 5.91 Å². The molecule has 4 aromatic rings. The van der Waals surface area contributed by atoms with Gasteiger partial charge in [0, 0.05) is 25.2 Å². The molecule has 2 heterocycles. The van der Waals surface area contributed by atoms with Crippen molar-refractivity contribution in [2.45, 2.75) is 12.1 Å². The maximum atomic E-state index is 14.0. The molecule has 2 fully saturated rings. The monoisotopic (exact) mass is 463 g/mol. The summed E-state index contributed by atoms with van der Waals surface area (Å²) in [6.07, 6.45) is -0.889. The van der Waals surface area contributed by atoms with Gasteiger partial charge in [-0.1, -0.05) is 66.7 Å². The zero-order valence-corrected chi connectivity index (χ0v) is 19.5. The van der Waals surface area contributed by atoms with E-state index in [4.69, 9.17) is 4.84 Å². The van der Waals surface area contributed by atoms with Crippen LogP contribution in [-0.4, -0.2) is 32.0 Å². The quantitative estimate of drug-likeness (QED) is 0.401. The summed E-state index contributed by atoms with van der Waals surface area (Å²) in [6.45, 7) is 0. The molecule has 4 aromatic carbocycles. The van der Waals surface area contributed by atoms with Crippen LogP contribution < -0.4 is 14.9 Å². The largest absolute Gasteiger partial charge is 0.378 e. The molecule has 0 bridgehead atoms. The molecule has 35 heavy (non-hydrogen) atoms. The number of hydroxylamine groups is 1. The summed E-state index contributed by atoms with van der Waals surface area (Å²) in [5, 5.41) is 3.57. The first-order valence-electron chi connectivity index (χ1n) is 11.7. The van der Waals surface area contributed by atoms with E-state index in [1.165, 1.54) is 4.90 Å². The highest BCUT2D eigenvalue weighted by molar-refractivity contribution is 6.26. The minimum atomic E-state index is -0.889. The molecule has 2 saturated heterocycles. The minimum Gasteiger partial charge on any atom is -0.378 e. The summed E-state index contributed by atoms with van der Waals surface area (Å²) in [7, 11) is 3.97. The molecule has 2 aliphatic rings. The van der Waals surface area contributed by atoms with Crippen molar-refractivity contribution in [1.29, 1.82) is 0 Å². The second-order valence-electron chi connectivity index (χ2n) is 9.15. The van der Waals surface area contributed by atoms with Gasteiger partial charge < -0.3 is 4.90 Å². The second-order valence-corrected chi connectivity index (χ2v) is 9.15. The molecule has 6 heteroatoms. The van der Waals surface area contributed by atoms with Crippen molar-refractivity contribution >= 4 is 39.6 Å². The predicted molar refractivity (Wildman–Crippen MR) is 137 cm³/mol. The highest BCUT2D eigenvalue weighted by atomic mass is 16.7. The number of para-hydroxylation sites is 1. The molecule has 2 amide bonds. The maximum absolute atomic E-state index is 14.0. The summed E-state index contributed by atoms with van der Waals surface area (Å²) in [6, 6.07) is 30.7. The van der Waals surface area contributed by atoms with E-state index in [2.05, 4.69) is 0 Å². The number of imide groups is 1. The molecule has 6 rings (SSSR count). The first kappa shape index (κ1) is 21.4. The van der Waals surface area contributed by atoms with E-state index in [9.17, 15) is 9.59 Å². The Hall–Kier alpha value is -4.16. The van der Waals surface area contributed by atoms with E-state index in [0.29, 0.717) is 5.69 Å². The van der Waals surface area contributed by atoms with E-state index in [-0.39, 0.29) is 11.8 Å². The van der Waals surface area contributed by atoms with Gasteiger partial charge in [0.15, 0.2) is 6.10 Å². The molecule has 0 spiro atoms. The normalized spacial score (nSPS) is 21.6. The first-order valence-corrected chi connectivity index (χ1v) is 11.7. The Balaban J connectivity index is 1.45. The molecule has 0 aromatic heterocycles. The third-order valence-electron chi connectivity index (χ3n) is 6.88. The second kappa shape index (κ2) is 8.25. The maximum Gasteiger partial charge on any atom is 0.266 e. The first-order chi connectivity index (χ1) is 17.0. The lowest BCUT2D eigenvalue weighted by molar-refractivity contribution is -0.126. The number of hydrogen-bond acceptors (Lipinski definition) is 5. The van der Waals surface area contributed by atoms with Crippen LogP contribution in [0.2, 0.25) is 0 Å². The van der Waals surface area contributed by atoms with Crippen LogP contribution in [0.25, 0.3) is 10.8 Å². The van der Waals surface area contributed by atoms with Crippen LogP contribution in [-0.2, 0) is 14.4 Å². The molecule has 6 nitrogen and oxygen atoms in total. The molecule has 174 valence electrons. The lowest BCUT2D eigenvalue weighted by atomic mass is 9.90. The summed E-state index contributed by atoms with van der Waals surface area (Å²) < 4.78 is 0. The summed E-state index contributed by atoms with van der Waals surface area (Å²) in [5.74, 6) is -1.23.